The summed E-state index contributed by atoms with van der Waals surface area (Å²) in [5.41, 5.74) is 1.05. The Kier molecular flexibility index (Phi) is 3.82. The van der Waals surface area contributed by atoms with Crippen LogP contribution in [0.2, 0.25) is 0 Å². The molecule has 1 nitrogen and oxygen atoms in total. The molecule has 2 heteroatoms. The zero-order valence-electron chi connectivity index (χ0n) is 8.50. The third kappa shape index (κ3) is 3.37. The van der Waals surface area contributed by atoms with Gasteiger partial charge in [0.25, 0.3) is 0 Å². The number of benzene rings is 1. The van der Waals surface area contributed by atoms with Crippen molar-refractivity contribution < 1.29 is 4.74 Å². The first-order valence-corrected chi connectivity index (χ1v) is 6.02. The van der Waals surface area contributed by atoms with Crippen molar-refractivity contribution in [1.29, 1.82) is 0 Å². The standard InChI is InChI=1S/C13H13BrO/c14-12-7-4-11(5-8-12)6-9-13-3-1-2-10-15-13/h4-5,7-8,13H,1-3,10H2/t13-/m1/s1. The van der Waals surface area contributed by atoms with Crippen molar-refractivity contribution in [2.24, 2.45) is 0 Å². The zero-order chi connectivity index (χ0) is 10.5. The second kappa shape index (κ2) is 5.34. The van der Waals surface area contributed by atoms with Gasteiger partial charge in [0.15, 0.2) is 0 Å². The van der Waals surface area contributed by atoms with E-state index < -0.39 is 0 Å². The van der Waals surface area contributed by atoms with Crippen LogP contribution in [0.3, 0.4) is 0 Å². The smallest absolute Gasteiger partial charge is 0.118 e. The molecule has 0 aliphatic carbocycles. The average Bonchev–Trinajstić information content (AvgIpc) is 2.30. The maximum Gasteiger partial charge on any atom is 0.118 e. The minimum absolute atomic E-state index is 0.141. The highest BCUT2D eigenvalue weighted by atomic mass is 79.9. The van der Waals surface area contributed by atoms with E-state index >= 15 is 0 Å². The Hall–Kier alpha value is -0.780. The van der Waals surface area contributed by atoms with Gasteiger partial charge in [-0.25, -0.2) is 0 Å². The van der Waals surface area contributed by atoms with Crippen LogP contribution in [0.5, 0.6) is 0 Å². The van der Waals surface area contributed by atoms with Gasteiger partial charge in [0.1, 0.15) is 6.10 Å². The Bertz CT molecular complexity index is 366. The molecule has 0 bridgehead atoms. The summed E-state index contributed by atoms with van der Waals surface area (Å²) in [6.45, 7) is 0.861. The lowest BCUT2D eigenvalue weighted by Crippen LogP contribution is -2.16. The molecule has 1 aromatic rings. The summed E-state index contributed by atoms with van der Waals surface area (Å²) in [6.07, 6.45) is 3.63. The molecule has 0 spiro atoms. The van der Waals surface area contributed by atoms with Crippen molar-refractivity contribution in [2.75, 3.05) is 6.61 Å². The highest BCUT2D eigenvalue weighted by Crippen LogP contribution is 2.12. The number of ether oxygens (including phenoxy) is 1. The molecule has 0 unspecified atom stereocenters. The van der Waals surface area contributed by atoms with Gasteiger partial charge < -0.3 is 4.74 Å². The normalized spacial score (nSPS) is 20.5. The lowest BCUT2D eigenvalue weighted by atomic mass is 10.1. The van der Waals surface area contributed by atoms with E-state index in [2.05, 4.69) is 27.8 Å². The fourth-order valence-corrected chi connectivity index (χ4v) is 1.82. The molecule has 2 rings (SSSR count). The maximum absolute atomic E-state index is 5.54. The number of halogens is 1. The van der Waals surface area contributed by atoms with Crippen LogP contribution in [0.1, 0.15) is 24.8 Å². The molecule has 1 aromatic carbocycles. The predicted molar refractivity (Wildman–Crippen MR) is 64.6 cm³/mol. The van der Waals surface area contributed by atoms with Gasteiger partial charge in [-0.05, 0) is 43.5 Å². The summed E-state index contributed by atoms with van der Waals surface area (Å²) < 4.78 is 6.63. The van der Waals surface area contributed by atoms with Gasteiger partial charge >= 0.3 is 0 Å². The Balaban J connectivity index is 2.00. The average molecular weight is 265 g/mol. The Morgan fingerprint density at radius 3 is 2.67 bits per heavy atom. The monoisotopic (exact) mass is 264 g/mol. The fraction of sp³-hybridized carbons (Fsp3) is 0.385. The molecular weight excluding hydrogens is 252 g/mol. The second-order valence-electron chi connectivity index (χ2n) is 3.63. The fourth-order valence-electron chi connectivity index (χ4n) is 1.55. The van der Waals surface area contributed by atoms with Crippen molar-refractivity contribution in [3.8, 4) is 11.8 Å². The van der Waals surface area contributed by atoms with E-state index in [9.17, 15) is 0 Å². The van der Waals surface area contributed by atoms with Gasteiger partial charge in [-0.15, -0.1) is 0 Å². The second-order valence-corrected chi connectivity index (χ2v) is 4.55. The molecule has 0 aromatic heterocycles. The SMILES string of the molecule is Brc1ccc(C#C[C@H]2CCCCO2)cc1. The van der Waals surface area contributed by atoms with Crippen molar-refractivity contribution in [3.63, 3.8) is 0 Å². The summed E-state index contributed by atoms with van der Waals surface area (Å²) in [4.78, 5) is 0. The molecule has 0 radical (unpaired) electrons. The first kappa shape index (κ1) is 10.7. The van der Waals surface area contributed by atoms with Crippen LogP contribution >= 0.6 is 15.9 Å². The third-order valence-electron chi connectivity index (χ3n) is 2.40. The van der Waals surface area contributed by atoms with Crippen LogP contribution in [0.15, 0.2) is 28.7 Å². The lowest BCUT2D eigenvalue weighted by molar-refractivity contribution is 0.0526. The first-order valence-electron chi connectivity index (χ1n) is 5.23. The summed E-state index contributed by atoms with van der Waals surface area (Å²) >= 11 is 3.40. The first-order chi connectivity index (χ1) is 7.34. The molecule has 1 aliphatic heterocycles. The van der Waals surface area contributed by atoms with Crippen LogP contribution in [-0.2, 0) is 4.74 Å². The summed E-state index contributed by atoms with van der Waals surface area (Å²) in [7, 11) is 0. The van der Waals surface area contributed by atoms with Crippen molar-refractivity contribution in [3.05, 3.63) is 34.3 Å². The molecule has 1 heterocycles. The van der Waals surface area contributed by atoms with Crippen LogP contribution in [0.4, 0.5) is 0 Å². The van der Waals surface area contributed by atoms with Gasteiger partial charge in [-0.1, -0.05) is 27.8 Å². The molecule has 0 saturated carbocycles. The molecule has 1 fully saturated rings. The highest BCUT2D eigenvalue weighted by molar-refractivity contribution is 9.10. The van der Waals surface area contributed by atoms with E-state index in [-0.39, 0.29) is 6.10 Å². The molecule has 1 aliphatic rings. The van der Waals surface area contributed by atoms with Crippen LogP contribution in [0.25, 0.3) is 0 Å². The van der Waals surface area contributed by atoms with Gasteiger partial charge in [0.05, 0.1) is 0 Å². The molecule has 0 amide bonds. The number of rotatable bonds is 0. The molecule has 15 heavy (non-hydrogen) atoms. The molecule has 1 atom stereocenters. The molecule has 78 valence electrons. The van der Waals surface area contributed by atoms with Crippen molar-refractivity contribution in [1.82, 2.24) is 0 Å². The van der Waals surface area contributed by atoms with Gasteiger partial charge in [0, 0.05) is 16.6 Å². The minimum atomic E-state index is 0.141. The van der Waals surface area contributed by atoms with Crippen LogP contribution < -0.4 is 0 Å². The van der Waals surface area contributed by atoms with Gasteiger partial charge in [-0.2, -0.15) is 0 Å². The van der Waals surface area contributed by atoms with E-state index in [4.69, 9.17) is 4.74 Å². The molecule has 1 saturated heterocycles. The number of hydrogen-bond acceptors (Lipinski definition) is 1. The number of hydrogen-bond donors (Lipinski definition) is 0. The predicted octanol–water partition coefficient (Wildman–Crippen LogP) is 3.37. The van der Waals surface area contributed by atoms with Gasteiger partial charge in [0.2, 0.25) is 0 Å². The van der Waals surface area contributed by atoms with Gasteiger partial charge in [-0.3, -0.25) is 0 Å². The zero-order valence-corrected chi connectivity index (χ0v) is 10.1. The van der Waals surface area contributed by atoms with Crippen molar-refractivity contribution in [2.45, 2.75) is 25.4 Å². The summed E-state index contributed by atoms with van der Waals surface area (Å²) in [5, 5.41) is 0. The maximum atomic E-state index is 5.54. The van der Waals surface area contributed by atoms with E-state index in [0.29, 0.717) is 0 Å². The van der Waals surface area contributed by atoms with Crippen molar-refractivity contribution >= 4 is 15.9 Å². The quantitative estimate of drug-likeness (QED) is 0.653. The summed E-state index contributed by atoms with van der Waals surface area (Å²) in [6, 6.07) is 8.04. The largest absolute Gasteiger partial charge is 0.366 e. The summed E-state index contributed by atoms with van der Waals surface area (Å²) in [5.74, 6) is 6.32. The molecular formula is C13H13BrO. The van der Waals surface area contributed by atoms with Crippen LogP contribution in [0, 0.1) is 11.8 Å². The van der Waals surface area contributed by atoms with E-state index in [1.54, 1.807) is 0 Å². The van der Waals surface area contributed by atoms with Crippen LogP contribution in [-0.4, -0.2) is 12.7 Å². The van der Waals surface area contributed by atoms with E-state index in [1.807, 2.05) is 24.3 Å². The third-order valence-corrected chi connectivity index (χ3v) is 2.93. The Labute approximate surface area is 99.0 Å². The Morgan fingerprint density at radius 2 is 2.00 bits per heavy atom. The lowest BCUT2D eigenvalue weighted by Gasteiger charge is -2.16. The molecule has 0 N–H and O–H groups in total. The van der Waals surface area contributed by atoms with E-state index in [0.717, 1.165) is 23.1 Å². The highest BCUT2D eigenvalue weighted by Gasteiger charge is 2.09. The minimum Gasteiger partial charge on any atom is -0.366 e. The van der Waals surface area contributed by atoms with E-state index in [1.165, 1.54) is 12.8 Å². The topological polar surface area (TPSA) is 9.23 Å². The Morgan fingerprint density at radius 1 is 1.20 bits per heavy atom.